The Morgan fingerprint density at radius 3 is 2.84 bits per heavy atom. The highest BCUT2D eigenvalue weighted by Crippen LogP contribution is 2.24. The van der Waals surface area contributed by atoms with Gasteiger partial charge in [-0.15, -0.1) is 11.3 Å². The van der Waals surface area contributed by atoms with E-state index in [1.165, 1.54) is 28.5 Å². The third kappa shape index (κ3) is 4.02. The zero-order valence-electron chi connectivity index (χ0n) is 11.6. The minimum atomic E-state index is -3.30. The Kier molecular flexibility index (Phi) is 5.00. The Morgan fingerprint density at radius 2 is 2.21 bits per heavy atom. The van der Waals surface area contributed by atoms with Crippen molar-refractivity contribution >= 4 is 21.4 Å². The Balaban J connectivity index is 1.98. The lowest BCUT2D eigenvalue weighted by molar-refractivity contribution is 0.459. The summed E-state index contributed by atoms with van der Waals surface area (Å²) >= 11 is 1.52. The Bertz CT molecular complexity index is 506. The first-order valence-corrected chi connectivity index (χ1v) is 9.13. The van der Waals surface area contributed by atoms with E-state index in [9.17, 15) is 8.42 Å². The van der Waals surface area contributed by atoms with Gasteiger partial charge < -0.3 is 5.32 Å². The van der Waals surface area contributed by atoms with E-state index in [1.807, 2.05) is 0 Å². The van der Waals surface area contributed by atoms with Crippen LogP contribution in [-0.4, -0.2) is 32.4 Å². The van der Waals surface area contributed by atoms with Gasteiger partial charge >= 0.3 is 0 Å². The predicted octanol–water partition coefficient (Wildman–Crippen LogP) is 2.42. The van der Waals surface area contributed by atoms with Crippen molar-refractivity contribution in [2.45, 2.75) is 50.1 Å². The molecule has 1 saturated carbocycles. The molecule has 108 valence electrons. The normalized spacial score (nSPS) is 16.2. The fourth-order valence-corrected chi connectivity index (χ4v) is 4.22. The van der Waals surface area contributed by atoms with Gasteiger partial charge in [0.05, 0.1) is 4.90 Å². The van der Waals surface area contributed by atoms with Crippen LogP contribution in [0.3, 0.4) is 0 Å². The third-order valence-electron chi connectivity index (χ3n) is 3.31. The number of nitrogens with one attached hydrogen (secondary N) is 1. The van der Waals surface area contributed by atoms with Crippen LogP contribution in [0.15, 0.2) is 16.3 Å². The van der Waals surface area contributed by atoms with Crippen molar-refractivity contribution in [3.05, 3.63) is 16.3 Å². The highest BCUT2D eigenvalue weighted by molar-refractivity contribution is 7.89. The summed E-state index contributed by atoms with van der Waals surface area (Å²) in [6, 6.07) is 2.45. The summed E-state index contributed by atoms with van der Waals surface area (Å²) in [5.41, 5.74) is 0. The Labute approximate surface area is 119 Å². The predicted molar refractivity (Wildman–Crippen MR) is 78.9 cm³/mol. The smallest absolute Gasteiger partial charge is 0.243 e. The summed E-state index contributed by atoms with van der Waals surface area (Å²) < 4.78 is 26.1. The molecule has 4 nitrogen and oxygen atoms in total. The molecule has 1 aliphatic rings. The fourth-order valence-electron chi connectivity index (χ4n) is 1.80. The number of hydrogen-bond acceptors (Lipinski definition) is 4. The minimum Gasteiger partial charge on any atom is -0.309 e. The lowest BCUT2D eigenvalue weighted by Gasteiger charge is -2.15. The SMILES string of the molecule is CCCCN(C)S(=O)(=O)c1csc(CNC2CC2)c1. The summed E-state index contributed by atoms with van der Waals surface area (Å²) in [4.78, 5) is 1.53. The van der Waals surface area contributed by atoms with E-state index < -0.39 is 10.0 Å². The van der Waals surface area contributed by atoms with E-state index in [2.05, 4.69) is 12.2 Å². The molecular weight excluding hydrogens is 280 g/mol. The van der Waals surface area contributed by atoms with Gasteiger partial charge in [-0.3, -0.25) is 0 Å². The van der Waals surface area contributed by atoms with E-state index >= 15 is 0 Å². The van der Waals surface area contributed by atoms with E-state index in [-0.39, 0.29) is 0 Å². The second kappa shape index (κ2) is 6.35. The fraction of sp³-hybridized carbons (Fsp3) is 0.692. The maximum absolute atomic E-state index is 12.3. The lowest BCUT2D eigenvalue weighted by atomic mass is 10.3. The molecule has 1 aliphatic carbocycles. The van der Waals surface area contributed by atoms with Gasteiger partial charge in [0.25, 0.3) is 0 Å². The molecular formula is C13H22N2O2S2. The molecule has 19 heavy (non-hydrogen) atoms. The molecule has 0 aliphatic heterocycles. The largest absolute Gasteiger partial charge is 0.309 e. The second-order valence-electron chi connectivity index (χ2n) is 5.08. The van der Waals surface area contributed by atoms with Crippen LogP contribution >= 0.6 is 11.3 Å². The summed E-state index contributed by atoms with van der Waals surface area (Å²) in [5.74, 6) is 0. The van der Waals surface area contributed by atoms with Gasteiger partial charge in [0.1, 0.15) is 0 Å². The van der Waals surface area contributed by atoms with Crippen LogP contribution < -0.4 is 5.32 Å². The molecule has 1 heterocycles. The minimum absolute atomic E-state index is 0.434. The molecule has 1 aromatic heterocycles. The summed E-state index contributed by atoms with van der Waals surface area (Å²) in [6.07, 6.45) is 4.39. The molecule has 1 N–H and O–H groups in total. The topological polar surface area (TPSA) is 49.4 Å². The molecule has 6 heteroatoms. The van der Waals surface area contributed by atoms with Crippen molar-refractivity contribution in [3.8, 4) is 0 Å². The Morgan fingerprint density at radius 1 is 1.47 bits per heavy atom. The van der Waals surface area contributed by atoms with Crippen LogP contribution in [-0.2, 0) is 16.6 Å². The molecule has 0 atom stereocenters. The Hall–Kier alpha value is -0.430. The van der Waals surface area contributed by atoms with Crippen LogP contribution in [0, 0.1) is 0 Å². The maximum atomic E-state index is 12.3. The van der Waals surface area contributed by atoms with Crippen molar-refractivity contribution in [3.63, 3.8) is 0 Å². The van der Waals surface area contributed by atoms with E-state index in [0.29, 0.717) is 17.5 Å². The van der Waals surface area contributed by atoms with Crippen LogP contribution in [0.25, 0.3) is 0 Å². The van der Waals surface area contributed by atoms with Gasteiger partial charge in [-0.1, -0.05) is 13.3 Å². The van der Waals surface area contributed by atoms with Gasteiger partial charge in [0.15, 0.2) is 0 Å². The van der Waals surface area contributed by atoms with Crippen LogP contribution in [0.4, 0.5) is 0 Å². The first-order chi connectivity index (χ1) is 9.04. The van der Waals surface area contributed by atoms with Gasteiger partial charge in [0.2, 0.25) is 10.0 Å². The van der Waals surface area contributed by atoms with Gasteiger partial charge in [-0.25, -0.2) is 12.7 Å². The first kappa shape index (κ1) is 15.0. The van der Waals surface area contributed by atoms with Gasteiger partial charge in [-0.05, 0) is 25.3 Å². The average molecular weight is 302 g/mol. The molecule has 0 amide bonds. The molecule has 0 saturated heterocycles. The number of unbranched alkanes of at least 4 members (excludes halogenated alkanes) is 1. The quantitative estimate of drug-likeness (QED) is 0.802. The standard InChI is InChI=1S/C13H22N2O2S2/c1-3-4-7-15(2)19(16,17)13-8-12(18-10-13)9-14-11-5-6-11/h8,10-11,14H,3-7,9H2,1-2H3. The summed E-state index contributed by atoms with van der Waals surface area (Å²) in [6.45, 7) is 3.43. The van der Waals surface area contributed by atoms with Gasteiger partial charge in [0, 0.05) is 36.4 Å². The zero-order valence-corrected chi connectivity index (χ0v) is 13.2. The number of thiophene rings is 1. The van der Waals surface area contributed by atoms with E-state index in [0.717, 1.165) is 24.3 Å². The lowest BCUT2D eigenvalue weighted by Crippen LogP contribution is -2.27. The van der Waals surface area contributed by atoms with Crippen molar-refractivity contribution < 1.29 is 8.42 Å². The number of rotatable bonds is 8. The average Bonchev–Trinajstić information content (AvgIpc) is 3.09. The van der Waals surface area contributed by atoms with Crippen molar-refractivity contribution in [1.29, 1.82) is 0 Å². The highest BCUT2D eigenvalue weighted by Gasteiger charge is 2.23. The molecule has 1 aromatic rings. The zero-order chi connectivity index (χ0) is 13.9. The summed E-state index contributed by atoms with van der Waals surface area (Å²) in [5, 5.41) is 5.15. The second-order valence-corrected chi connectivity index (χ2v) is 8.12. The van der Waals surface area contributed by atoms with Crippen LogP contribution in [0.5, 0.6) is 0 Å². The van der Waals surface area contributed by atoms with Crippen LogP contribution in [0.2, 0.25) is 0 Å². The maximum Gasteiger partial charge on any atom is 0.243 e. The van der Waals surface area contributed by atoms with Gasteiger partial charge in [-0.2, -0.15) is 0 Å². The molecule has 2 rings (SSSR count). The molecule has 1 fully saturated rings. The molecule has 0 radical (unpaired) electrons. The molecule has 0 aromatic carbocycles. The van der Waals surface area contributed by atoms with Crippen molar-refractivity contribution in [2.75, 3.05) is 13.6 Å². The van der Waals surface area contributed by atoms with E-state index in [1.54, 1.807) is 18.5 Å². The monoisotopic (exact) mass is 302 g/mol. The molecule has 0 bridgehead atoms. The van der Waals surface area contributed by atoms with E-state index in [4.69, 9.17) is 0 Å². The van der Waals surface area contributed by atoms with Crippen LogP contribution in [0.1, 0.15) is 37.5 Å². The van der Waals surface area contributed by atoms with Crippen molar-refractivity contribution in [2.24, 2.45) is 0 Å². The highest BCUT2D eigenvalue weighted by atomic mass is 32.2. The summed E-state index contributed by atoms with van der Waals surface area (Å²) in [7, 11) is -1.64. The molecule has 0 unspecified atom stereocenters. The molecule has 0 spiro atoms. The number of nitrogens with zero attached hydrogens (tertiary/aromatic N) is 1. The number of hydrogen-bond donors (Lipinski definition) is 1. The first-order valence-electron chi connectivity index (χ1n) is 6.81. The number of sulfonamides is 1. The van der Waals surface area contributed by atoms with Crippen molar-refractivity contribution in [1.82, 2.24) is 9.62 Å². The third-order valence-corrected chi connectivity index (χ3v) is 6.23.